The molecule has 0 atom stereocenters. The number of anilines is 2. The van der Waals surface area contributed by atoms with Gasteiger partial charge in [0.05, 0.1) is 17.9 Å². The van der Waals surface area contributed by atoms with Crippen molar-refractivity contribution in [3.05, 3.63) is 77.1 Å². The minimum Gasteiger partial charge on any atom is -0.492 e. The van der Waals surface area contributed by atoms with Crippen LogP contribution in [-0.2, 0) is 6.54 Å². The zero-order valence-corrected chi connectivity index (χ0v) is 15.5. The van der Waals surface area contributed by atoms with Crippen LogP contribution in [0.5, 0.6) is 5.75 Å². The van der Waals surface area contributed by atoms with Gasteiger partial charge in [-0.15, -0.1) is 0 Å². The van der Waals surface area contributed by atoms with E-state index in [4.69, 9.17) is 16.3 Å². The van der Waals surface area contributed by atoms with Crippen molar-refractivity contribution < 1.29 is 9.53 Å². The number of halogens is 1. The predicted octanol–water partition coefficient (Wildman–Crippen LogP) is 4.39. The van der Waals surface area contributed by atoms with E-state index >= 15 is 0 Å². The molecule has 3 rings (SSSR count). The maximum Gasteiger partial charge on any atom is 0.258 e. The number of hydrogen-bond donors (Lipinski definition) is 2. The maximum atomic E-state index is 12.4. The Kier molecular flexibility index (Phi) is 6.22. The molecule has 0 aliphatic carbocycles. The summed E-state index contributed by atoms with van der Waals surface area (Å²) in [6, 6.07) is 14.8. The standard InChI is InChI=1S/C20H19ClN4O2/c1-2-27-18-10-6-5-9-17(18)25-19(26)15-12-23-20(24-13-15)22-11-14-7-3-4-8-16(14)21/h3-10,12-13H,2,11H2,1H3,(H,25,26)(H,22,23,24). The van der Waals surface area contributed by atoms with Crippen LogP contribution >= 0.6 is 11.6 Å². The molecule has 0 aliphatic heterocycles. The molecule has 2 N–H and O–H groups in total. The van der Waals surface area contributed by atoms with Gasteiger partial charge < -0.3 is 15.4 Å². The molecule has 0 saturated carbocycles. The molecule has 0 radical (unpaired) electrons. The van der Waals surface area contributed by atoms with E-state index < -0.39 is 0 Å². The monoisotopic (exact) mass is 382 g/mol. The molecule has 2 aromatic carbocycles. The minimum absolute atomic E-state index is 0.306. The smallest absolute Gasteiger partial charge is 0.258 e. The second-order valence-electron chi connectivity index (χ2n) is 5.62. The highest BCUT2D eigenvalue weighted by molar-refractivity contribution is 6.31. The van der Waals surface area contributed by atoms with Gasteiger partial charge in [-0.05, 0) is 30.7 Å². The Morgan fingerprint density at radius 2 is 1.78 bits per heavy atom. The average molecular weight is 383 g/mol. The Labute approximate surface area is 162 Å². The average Bonchev–Trinajstić information content (AvgIpc) is 2.69. The van der Waals surface area contributed by atoms with Crippen LogP contribution in [0.2, 0.25) is 5.02 Å². The Hall–Kier alpha value is -3.12. The zero-order valence-electron chi connectivity index (χ0n) is 14.8. The van der Waals surface area contributed by atoms with Gasteiger partial charge in [0.2, 0.25) is 5.95 Å². The molecule has 0 bridgehead atoms. The van der Waals surface area contributed by atoms with Gasteiger partial charge in [-0.3, -0.25) is 4.79 Å². The van der Waals surface area contributed by atoms with Crippen molar-refractivity contribution in [3.8, 4) is 5.75 Å². The molecule has 6 nitrogen and oxygen atoms in total. The normalized spacial score (nSPS) is 10.3. The summed E-state index contributed by atoms with van der Waals surface area (Å²) in [6.07, 6.45) is 2.95. The molecule has 0 fully saturated rings. The van der Waals surface area contributed by atoms with E-state index in [2.05, 4.69) is 20.6 Å². The van der Waals surface area contributed by atoms with Crippen molar-refractivity contribution in [1.29, 1.82) is 0 Å². The number of ether oxygens (including phenoxy) is 1. The summed E-state index contributed by atoms with van der Waals surface area (Å²) in [6.45, 7) is 2.90. The van der Waals surface area contributed by atoms with Crippen LogP contribution in [0, 0.1) is 0 Å². The van der Waals surface area contributed by atoms with Crippen LogP contribution < -0.4 is 15.4 Å². The number of aromatic nitrogens is 2. The van der Waals surface area contributed by atoms with Crippen molar-refractivity contribution in [1.82, 2.24) is 9.97 Å². The highest BCUT2D eigenvalue weighted by Crippen LogP contribution is 2.24. The fourth-order valence-electron chi connectivity index (χ4n) is 2.40. The van der Waals surface area contributed by atoms with Crippen molar-refractivity contribution in [2.75, 3.05) is 17.2 Å². The number of carbonyl (C=O) groups is 1. The van der Waals surface area contributed by atoms with E-state index in [1.54, 1.807) is 12.1 Å². The van der Waals surface area contributed by atoms with Gasteiger partial charge in [-0.25, -0.2) is 9.97 Å². The second-order valence-corrected chi connectivity index (χ2v) is 6.03. The third kappa shape index (κ3) is 4.95. The SMILES string of the molecule is CCOc1ccccc1NC(=O)c1cnc(NCc2ccccc2Cl)nc1. The summed E-state index contributed by atoms with van der Waals surface area (Å²) in [5.41, 5.74) is 1.90. The third-order valence-corrected chi connectivity index (χ3v) is 4.11. The molecule has 0 spiro atoms. The molecule has 0 unspecified atom stereocenters. The van der Waals surface area contributed by atoms with Crippen molar-refractivity contribution in [2.45, 2.75) is 13.5 Å². The second kappa shape index (κ2) is 9.00. The quantitative estimate of drug-likeness (QED) is 0.633. The molecule has 1 aromatic heterocycles. The minimum atomic E-state index is -0.306. The van der Waals surface area contributed by atoms with E-state index in [0.717, 1.165) is 5.56 Å². The maximum absolute atomic E-state index is 12.4. The first kappa shape index (κ1) is 18.7. The Morgan fingerprint density at radius 1 is 1.07 bits per heavy atom. The first-order valence-corrected chi connectivity index (χ1v) is 8.87. The van der Waals surface area contributed by atoms with Crippen LogP contribution in [0.15, 0.2) is 60.9 Å². The molecule has 7 heteroatoms. The van der Waals surface area contributed by atoms with E-state index in [9.17, 15) is 4.79 Å². The van der Waals surface area contributed by atoms with E-state index in [0.29, 0.717) is 41.1 Å². The van der Waals surface area contributed by atoms with E-state index in [-0.39, 0.29) is 5.91 Å². The third-order valence-electron chi connectivity index (χ3n) is 3.74. The van der Waals surface area contributed by atoms with Gasteiger partial charge in [0.1, 0.15) is 5.75 Å². The Morgan fingerprint density at radius 3 is 2.52 bits per heavy atom. The molecule has 3 aromatic rings. The van der Waals surface area contributed by atoms with Gasteiger partial charge in [0, 0.05) is 24.0 Å². The number of benzene rings is 2. The molecular weight excluding hydrogens is 364 g/mol. The molecule has 27 heavy (non-hydrogen) atoms. The Balaban J connectivity index is 1.63. The lowest BCUT2D eigenvalue weighted by Gasteiger charge is -2.11. The predicted molar refractivity (Wildman–Crippen MR) is 106 cm³/mol. The highest BCUT2D eigenvalue weighted by Gasteiger charge is 2.11. The summed E-state index contributed by atoms with van der Waals surface area (Å²) in [5.74, 6) is 0.730. The summed E-state index contributed by atoms with van der Waals surface area (Å²) in [7, 11) is 0. The summed E-state index contributed by atoms with van der Waals surface area (Å²) in [4.78, 5) is 20.8. The lowest BCUT2D eigenvalue weighted by atomic mass is 10.2. The number of amides is 1. The van der Waals surface area contributed by atoms with Crippen molar-refractivity contribution in [2.24, 2.45) is 0 Å². The first-order valence-electron chi connectivity index (χ1n) is 8.50. The number of nitrogens with zero attached hydrogens (tertiary/aromatic N) is 2. The van der Waals surface area contributed by atoms with Crippen LogP contribution in [0.3, 0.4) is 0 Å². The molecule has 1 amide bonds. The van der Waals surface area contributed by atoms with Crippen molar-refractivity contribution in [3.63, 3.8) is 0 Å². The number of para-hydroxylation sites is 2. The fourth-order valence-corrected chi connectivity index (χ4v) is 2.60. The summed E-state index contributed by atoms with van der Waals surface area (Å²) < 4.78 is 5.51. The lowest BCUT2D eigenvalue weighted by Crippen LogP contribution is -2.14. The molecule has 138 valence electrons. The lowest BCUT2D eigenvalue weighted by molar-refractivity contribution is 0.102. The van der Waals surface area contributed by atoms with Gasteiger partial charge in [-0.1, -0.05) is 41.9 Å². The van der Waals surface area contributed by atoms with E-state index in [1.807, 2.05) is 43.3 Å². The first-order chi connectivity index (χ1) is 13.2. The van der Waals surface area contributed by atoms with Gasteiger partial charge in [0.25, 0.3) is 5.91 Å². The topological polar surface area (TPSA) is 76.1 Å². The van der Waals surface area contributed by atoms with Gasteiger partial charge in [0.15, 0.2) is 0 Å². The molecule has 0 saturated heterocycles. The number of rotatable bonds is 7. The fraction of sp³-hybridized carbons (Fsp3) is 0.150. The van der Waals surface area contributed by atoms with Gasteiger partial charge in [-0.2, -0.15) is 0 Å². The zero-order chi connectivity index (χ0) is 19.1. The van der Waals surface area contributed by atoms with Gasteiger partial charge >= 0.3 is 0 Å². The molecule has 1 heterocycles. The molecular formula is C20H19ClN4O2. The van der Waals surface area contributed by atoms with E-state index in [1.165, 1.54) is 12.4 Å². The number of carbonyl (C=O) groups excluding carboxylic acids is 1. The van der Waals surface area contributed by atoms with Crippen LogP contribution in [0.1, 0.15) is 22.8 Å². The van der Waals surface area contributed by atoms with Crippen LogP contribution in [-0.4, -0.2) is 22.5 Å². The van der Waals surface area contributed by atoms with Crippen LogP contribution in [0.25, 0.3) is 0 Å². The van der Waals surface area contributed by atoms with Crippen molar-refractivity contribution >= 4 is 29.1 Å². The summed E-state index contributed by atoms with van der Waals surface area (Å²) >= 11 is 6.13. The molecule has 0 aliphatic rings. The number of hydrogen-bond acceptors (Lipinski definition) is 5. The number of nitrogens with one attached hydrogen (secondary N) is 2. The van der Waals surface area contributed by atoms with Crippen LogP contribution in [0.4, 0.5) is 11.6 Å². The highest BCUT2D eigenvalue weighted by atomic mass is 35.5. The summed E-state index contributed by atoms with van der Waals surface area (Å²) in [5, 5.41) is 6.57. The Bertz CT molecular complexity index is 916. The largest absolute Gasteiger partial charge is 0.492 e.